The third-order valence-electron chi connectivity index (χ3n) is 3.40. The highest BCUT2D eigenvalue weighted by Crippen LogP contribution is 2.15. The summed E-state index contributed by atoms with van der Waals surface area (Å²) in [7, 11) is 1.83. The molecule has 0 bridgehead atoms. The number of anilines is 1. The zero-order valence-electron chi connectivity index (χ0n) is 11.6. The van der Waals surface area contributed by atoms with E-state index in [0.717, 1.165) is 10.0 Å². The van der Waals surface area contributed by atoms with Crippen LogP contribution in [0.5, 0.6) is 0 Å². The maximum atomic E-state index is 6.15. The molecule has 0 saturated carbocycles. The van der Waals surface area contributed by atoms with Crippen molar-refractivity contribution < 1.29 is 9.13 Å². The number of nitrogens with two attached hydrogens (primary N) is 1. The fourth-order valence-electron chi connectivity index (χ4n) is 2.29. The van der Waals surface area contributed by atoms with Crippen LogP contribution in [0, 0.1) is 0 Å². The minimum atomic E-state index is -0.0759. The smallest absolute Gasteiger partial charge is 0.308 e. The number of hydrogen-bond acceptors (Lipinski definition) is 2. The molecule has 0 aliphatic rings. The molecule has 2 N–H and O–H groups in total. The highest BCUT2D eigenvalue weighted by atomic mass is 79.9. The second-order valence-electron chi connectivity index (χ2n) is 4.77. The number of aromatic nitrogens is 4. The van der Waals surface area contributed by atoms with Crippen LogP contribution in [0.1, 0.15) is 11.7 Å². The van der Waals surface area contributed by atoms with Gasteiger partial charge in [0.05, 0.1) is 12.6 Å². The Balaban J connectivity index is 2.16. The van der Waals surface area contributed by atoms with E-state index in [1.807, 2.05) is 54.3 Å². The molecule has 21 heavy (non-hydrogen) atoms. The summed E-state index contributed by atoms with van der Waals surface area (Å²) in [6.07, 6.45) is 5.72. The average Bonchev–Trinajstić information content (AvgIpc) is 2.83. The number of hydrogen-bond donors (Lipinski definition) is 1. The molecule has 106 valence electrons. The van der Waals surface area contributed by atoms with E-state index in [2.05, 4.69) is 37.7 Å². The van der Waals surface area contributed by atoms with E-state index in [1.165, 1.54) is 0 Å². The van der Waals surface area contributed by atoms with Crippen molar-refractivity contribution in [2.24, 2.45) is 7.05 Å². The lowest BCUT2D eigenvalue weighted by Crippen LogP contribution is -2.58. The van der Waals surface area contributed by atoms with Gasteiger partial charge in [-0.25, -0.2) is 0 Å². The van der Waals surface area contributed by atoms with Crippen molar-refractivity contribution >= 4 is 21.9 Å². The molecule has 0 radical (unpaired) electrons. The van der Waals surface area contributed by atoms with Gasteiger partial charge in [-0.1, -0.05) is 22.0 Å². The Bertz CT molecular complexity index is 737. The Morgan fingerprint density at radius 2 is 1.81 bits per heavy atom. The lowest BCUT2D eigenvalue weighted by molar-refractivity contribution is -0.928. The molecular formula is C15H16BrN5+2. The number of benzene rings is 1. The van der Waals surface area contributed by atoms with Crippen LogP contribution in [-0.2, 0) is 7.05 Å². The Hall–Kier alpha value is -2.21. The van der Waals surface area contributed by atoms with Crippen LogP contribution < -0.4 is 14.9 Å². The minimum Gasteiger partial charge on any atom is -0.308 e. The average molecular weight is 346 g/mol. The maximum Gasteiger partial charge on any atom is 0.347 e. The monoisotopic (exact) mass is 345 g/mol. The first-order valence-electron chi connectivity index (χ1n) is 6.56. The van der Waals surface area contributed by atoms with E-state index in [-0.39, 0.29) is 6.17 Å². The van der Waals surface area contributed by atoms with E-state index >= 15 is 0 Å². The molecule has 6 heteroatoms. The molecular weight excluding hydrogens is 330 g/mol. The van der Waals surface area contributed by atoms with Crippen molar-refractivity contribution in [3.63, 3.8) is 0 Å². The molecule has 5 nitrogen and oxygen atoms in total. The van der Waals surface area contributed by atoms with Crippen LogP contribution in [0.25, 0.3) is 0 Å². The van der Waals surface area contributed by atoms with Gasteiger partial charge in [0.25, 0.3) is 6.17 Å². The number of pyridine rings is 1. The Labute approximate surface area is 131 Å². The van der Waals surface area contributed by atoms with Crippen LogP contribution in [-0.4, -0.2) is 9.78 Å². The van der Waals surface area contributed by atoms with Gasteiger partial charge in [-0.05, 0) is 29.4 Å². The SMILES string of the molecule is Cn1nc[n+](C(c2ccc(Br)cc2)[n+]2ccccc2)c1N. The van der Waals surface area contributed by atoms with Gasteiger partial charge in [-0.3, -0.25) is 0 Å². The number of aryl methyl sites for hydroxylation is 1. The number of halogens is 1. The first-order valence-corrected chi connectivity index (χ1v) is 7.36. The van der Waals surface area contributed by atoms with Crippen LogP contribution >= 0.6 is 15.9 Å². The van der Waals surface area contributed by atoms with Crippen LogP contribution in [0.3, 0.4) is 0 Å². The molecule has 0 spiro atoms. The maximum absolute atomic E-state index is 6.15. The summed E-state index contributed by atoms with van der Waals surface area (Å²) in [6.45, 7) is 0. The molecule has 0 fully saturated rings. The van der Waals surface area contributed by atoms with Crippen LogP contribution in [0.15, 0.2) is 65.7 Å². The molecule has 3 rings (SSSR count). The summed E-state index contributed by atoms with van der Waals surface area (Å²) in [5.41, 5.74) is 7.27. The topological polar surface area (TPSA) is 51.6 Å². The summed E-state index contributed by atoms with van der Waals surface area (Å²) in [5.74, 6) is 0.597. The van der Waals surface area contributed by atoms with E-state index < -0.39 is 0 Å². The zero-order chi connectivity index (χ0) is 14.8. The molecule has 0 amide bonds. The molecule has 2 heterocycles. The van der Waals surface area contributed by atoms with Gasteiger partial charge in [0, 0.05) is 16.6 Å². The van der Waals surface area contributed by atoms with Gasteiger partial charge in [-0.15, -0.1) is 4.68 Å². The summed E-state index contributed by atoms with van der Waals surface area (Å²) >= 11 is 3.47. The molecule has 0 aliphatic heterocycles. The standard InChI is InChI=1S/C15H15BrN5/c1-19-15(17)21(11-18-19)14(20-9-3-2-4-10-20)12-5-7-13(16)8-6-12/h2-11,14,17H,1H3/q+1/p+1. The summed E-state index contributed by atoms with van der Waals surface area (Å²) < 4.78 is 6.76. The molecule has 3 aromatic rings. The predicted molar refractivity (Wildman–Crippen MR) is 82.1 cm³/mol. The van der Waals surface area contributed by atoms with Crippen LogP contribution in [0.4, 0.5) is 5.95 Å². The molecule has 0 saturated heterocycles. The lowest BCUT2D eigenvalue weighted by atomic mass is 10.1. The minimum absolute atomic E-state index is 0.0759. The van der Waals surface area contributed by atoms with Crippen LogP contribution in [0.2, 0.25) is 0 Å². The fourth-order valence-corrected chi connectivity index (χ4v) is 2.56. The Kier molecular flexibility index (Phi) is 3.70. The van der Waals surface area contributed by atoms with Crippen molar-refractivity contribution in [2.75, 3.05) is 5.73 Å². The summed E-state index contributed by atoms with van der Waals surface area (Å²) in [6, 6.07) is 14.2. The van der Waals surface area contributed by atoms with Gasteiger partial charge in [0.15, 0.2) is 12.4 Å². The lowest BCUT2D eigenvalue weighted by Gasteiger charge is -2.11. The Morgan fingerprint density at radius 1 is 1.14 bits per heavy atom. The zero-order valence-corrected chi connectivity index (χ0v) is 13.2. The molecule has 1 atom stereocenters. The predicted octanol–water partition coefficient (Wildman–Crippen LogP) is 1.44. The molecule has 1 unspecified atom stereocenters. The van der Waals surface area contributed by atoms with E-state index in [0.29, 0.717) is 5.95 Å². The third kappa shape index (κ3) is 2.67. The van der Waals surface area contributed by atoms with Gasteiger partial charge in [0.1, 0.15) is 0 Å². The first-order chi connectivity index (χ1) is 10.2. The molecule has 2 aromatic heterocycles. The fraction of sp³-hybridized carbons (Fsp3) is 0.133. The van der Waals surface area contributed by atoms with Gasteiger partial charge in [0.2, 0.25) is 6.33 Å². The van der Waals surface area contributed by atoms with Crippen molar-refractivity contribution in [3.8, 4) is 0 Å². The van der Waals surface area contributed by atoms with Gasteiger partial charge < -0.3 is 5.73 Å². The largest absolute Gasteiger partial charge is 0.347 e. The number of nitrogens with zero attached hydrogens (tertiary/aromatic N) is 4. The van der Waals surface area contributed by atoms with E-state index in [9.17, 15) is 0 Å². The molecule has 1 aromatic carbocycles. The van der Waals surface area contributed by atoms with Crippen molar-refractivity contribution in [1.82, 2.24) is 9.78 Å². The first kappa shape index (κ1) is 13.8. The quantitative estimate of drug-likeness (QED) is 0.730. The normalized spacial score (nSPS) is 12.3. The second-order valence-corrected chi connectivity index (χ2v) is 5.68. The number of rotatable bonds is 3. The molecule has 0 aliphatic carbocycles. The van der Waals surface area contributed by atoms with E-state index in [4.69, 9.17) is 5.73 Å². The number of nitrogen functional groups attached to an aromatic ring is 1. The summed E-state index contributed by atoms with van der Waals surface area (Å²) in [5, 5.41) is 4.24. The summed E-state index contributed by atoms with van der Waals surface area (Å²) in [4.78, 5) is 0. The van der Waals surface area contributed by atoms with E-state index in [1.54, 1.807) is 11.0 Å². The third-order valence-corrected chi connectivity index (χ3v) is 3.93. The highest BCUT2D eigenvalue weighted by molar-refractivity contribution is 9.10. The van der Waals surface area contributed by atoms with Gasteiger partial charge in [-0.2, -0.15) is 9.13 Å². The van der Waals surface area contributed by atoms with Crippen molar-refractivity contribution in [3.05, 3.63) is 71.2 Å². The highest BCUT2D eigenvalue weighted by Gasteiger charge is 2.29. The van der Waals surface area contributed by atoms with Crippen molar-refractivity contribution in [2.45, 2.75) is 6.17 Å². The Morgan fingerprint density at radius 3 is 2.38 bits per heavy atom. The van der Waals surface area contributed by atoms with Crippen molar-refractivity contribution in [1.29, 1.82) is 0 Å². The van der Waals surface area contributed by atoms with Gasteiger partial charge >= 0.3 is 5.95 Å². The second kappa shape index (κ2) is 5.65.